The van der Waals surface area contributed by atoms with Gasteiger partial charge in [-0.05, 0) is 50.0 Å². The third-order valence-corrected chi connectivity index (χ3v) is 4.00. The minimum atomic E-state index is 0.554. The number of nitrogens with one attached hydrogen (secondary N) is 1. The summed E-state index contributed by atoms with van der Waals surface area (Å²) in [6.07, 6.45) is 4.06. The Morgan fingerprint density at radius 2 is 2.05 bits per heavy atom. The largest absolute Gasteiger partial charge is 0.319 e. The summed E-state index contributed by atoms with van der Waals surface area (Å²) in [4.78, 5) is 0. The Morgan fingerprint density at radius 3 is 2.68 bits per heavy atom. The molecule has 1 aromatic carbocycles. The monoisotopic (exact) mass is 321 g/mol. The van der Waals surface area contributed by atoms with Crippen molar-refractivity contribution in [1.29, 1.82) is 0 Å². The van der Waals surface area contributed by atoms with Crippen molar-refractivity contribution in [3.63, 3.8) is 0 Å². The van der Waals surface area contributed by atoms with Gasteiger partial charge < -0.3 is 5.32 Å². The first kappa shape index (κ1) is 14.3. The molecule has 0 radical (unpaired) electrons. The lowest BCUT2D eigenvalue weighted by molar-refractivity contribution is 0.484. The summed E-state index contributed by atoms with van der Waals surface area (Å²) in [7, 11) is 3.97. The van der Waals surface area contributed by atoms with Crippen LogP contribution in [0.3, 0.4) is 0 Å². The summed E-state index contributed by atoms with van der Waals surface area (Å²) in [6.45, 7) is 0.998. The molecule has 0 aliphatic carbocycles. The Morgan fingerprint density at radius 1 is 1.26 bits per heavy atom. The smallest absolute Gasteiger partial charge is 0.0627 e. The first-order valence-electron chi connectivity index (χ1n) is 6.55. The zero-order valence-electron chi connectivity index (χ0n) is 11.4. The SMILES string of the molecule is CNCC(Cc1ccn(C)n1)Cc1ccccc1Br. The summed E-state index contributed by atoms with van der Waals surface area (Å²) in [5.74, 6) is 0.554. The topological polar surface area (TPSA) is 29.9 Å². The zero-order valence-corrected chi connectivity index (χ0v) is 13.0. The first-order valence-corrected chi connectivity index (χ1v) is 7.35. The maximum Gasteiger partial charge on any atom is 0.0627 e. The zero-order chi connectivity index (χ0) is 13.7. The van der Waals surface area contributed by atoms with E-state index in [1.807, 2.05) is 25.0 Å². The van der Waals surface area contributed by atoms with Gasteiger partial charge in [0.05, 0.1) is 5.69 Å². The van der Waals surface area contributed by atoms with Gasteiger partial charge >= 0.3 is 0 Å². The highest BCUT2D eigenvalue weighted by molar-refractivity contribution is 9.10. The van der Waals surface area contributed by atoms with Gasteiger partial charge in [0.15, 0.2) is 0 Å². The molecule has 0 aliphatic heterocycles. The van der Waals surface area contributed by atoms with E-state index in [0.29, 0.717) is 5.92 Å². The predicted molar refractivity (Wildman–Crippen MR) is 82.2 cm³/mol. The second-order valence-electron chi connectivity index (χ2n) is 4.90. The van der Waals surface area contributed by atoms with Crippen LogP contribution in [-0.4, -0.2) is 23.4 Å². The molecule has 2 aromatic rings. The van der Waals surface area contributed by atoms with Crippen LogP contribution in [0.5, 0.6) is 0 Å². The fourth-order valence-corrected chi connectivity index (χ4v) is 2.79. The number of halogens is 1. The Kier molecular flexibility index (Phi) is 5.16. The maximum absolute atomic E-state index is 4.47. The van der Waals surface area contributed by atoms with Crippen LogP contribution in [0.1, 0.15) is 11.3 Å². The van der Waals surface area contributed by atoms with E-state index in [0.717, 1.165) is 25.1 Å². The Balaban J connectivity index is 2.06. The van der Waals surface area contributed by atoms with Gasteiger partial charge in [-0.1, -0.05) is 34.1 Å². The summed E-state index contributed by atoms with van der Waals surface area (Å²) < 4.78 is 3.06. The lowest BCUT2D eigenvalue weighted by atomic mass is 9.95. The average Bonchev–Trinajstić information content (AvgIpc) is 2.78. The van der Waals surface area contributed by atoms with Crippen molar-refractivity contribution in [2.24, 2.45) is 13.0 Å². The van der Waals surface area contributed by atoms with Crippen molar-refractivity contribution < 1.29 is 0 Å². The van der Waals surface area contributed by atoms with Gasteiger partial charge in [-0.25, -0.2) is 0 Å². The van der Waals surface area contributed by atoms with E-state index in [4.69, 9.17) is 0 Å². The molecule has 19 heavy (non-hydrogen) atoms. The van der Waals surface area contributed by atoms with Gasteiger partial charge in [0.2, 0.25) is 0 Å². The number of aromatic nitrogens is 2. The molecule has 1 heterocycles. The summed E-state index contributed by atoms with van der Waals surface area (Å²) in [6, 6.07) is 10.5. The van der Waals surface area contributed by atoms with E-state index >= 15 is 0 Å². The first-order chi connectivity index (χ1) is 9.19. The fraction of sp³-hybridized carbons (Fsp3) is 0.400. The van der Waals surface area contributed by atoms with Crippen molar-refractivity contribution in [2.45, 2.75) is 12.8 Å². The fourth-order valence-electron chi connectivity index (χ4n) is 2.35. The number of aryl methyl sites for hydroxylation is 1. The average molecular weight is 322 g/mol. The molecule has 0 spiro atoms. The van der Waals surface area contributed by atoms with Crippen LogP contribution < -0.4 is 5.32 Å². The second-order valence-corrected chi connectivity index (χ2v) is 5.76. The molecular formula is C15H20BrN3. The Hall–Kier alpha value is -1.13. The van der Waals surface area contributed by atoms with E-state index in [1.54, 1.807) is 0 Å². The van der Waals surface area contributed by atoms with Crippen molar-refractivity contribution >= 4 is 15.9 Å². The molecule has 0 aliphatic rings. The number of rotatable bonds is 6. The van der Waals surface area contributed by atoms with Crippen LogP contribution in [0.2, 0.25) is 0 Å². The molecular weight excluding hydrogens is 302 g/mol. The van der Waals surface area contributed by atoms with E-state index < -0.39 is 0 Å². The van der Waals surface area contributed by atoms with Gasteiger partial charge in [0, 0.05) is 17.7 Å². The van der Waals surface area contributed by atoms with E-state index in [-0.39, 0.29) is 0 Å². The second kappa shape index (κ2) is 6.87. The molecule has 0 saturated carbocycles. The Labute approximate surface area is 123 Å². The molecule has 102 valence electrons. The van der Waals surface area contributed by atoms with E-state index in [1.165, 1.54) is 10.0 Å². The van der Waals surface area contributed by atoms with Crippen molar-refractivity contribution in [1.82, 2.24) is 15.1 Å². The molecule has 0 fully saturated rings. The van der Waals surface area contributed by atoms with Crippen molar-refractivity contribution in [3.8, 4) is 0 Å². The summed E-state index contributed by atoms with van der Waals surface area (Å²) >= 11 is 3.63. The molecule has 3 nitrogen and oxygen atoms in total. The van der Waals surface area contributed by atoms with Gasteiger partial charge in [0.25, 0.3) is 0 Å². The van der Waals surface area contributed by atoms with Crippen LogP contribution in [0.4, 0.5) is 0 Å². The van der Waals surface area contributed by atoms with Gasteiger partial charge in [-0.15, -0.1) is 0 Å². The summed E-state index contributed by atoms with van der Waals surface area (Å²) in [5.41, 5.74) is 2.52. The molecule has 1 N–H and O–H groups in total. The highest BCUT2D eigenvalue weighted by Crippen LogP contribution is 2.21. The molecule has 2 rings (SSSR count). The van der Waals surface area contributed by atoms with E-state index in [2.05, 4.69) is 56.7 Å². The molecule has 0 saturated heterocycles. The van der Waals surface area contributed by atoms with Crippen LogP contribution in [-0.2, 0) is 19.9 Å². The number of hydrogen-bond donors (Lipinski definition) is 1. The Bertz CT molecular complexity index is 522. The molecule has 1 unspecified atom stereocenters. The van der Waals surface area contributed by atoms with E-state index in [9.17, 15) is 0 Å². The third kappa shape index (κ3) is 4.18. The normalized spacial score (nSPS) is 12.6. The molecule has 0 amide bonds. The van der Waals surface area contributed by atoms with Gasteiger partial charge in [0.1, 0.15) is 0 Å². The van der Waals surface area contributed by atoms with Gasteiger partial charge in [-0.3, -0.25) is 4.68 Å². The van der Waals surface area contributed by atoms with Crippen LogP contribution in [0.15, 0.2) is 41.0 Å². The van der Waals surface area contributed by atoms with Gasteiger partial charge in [-0.2, -0.15) is 5.10 Å². The van der Waals surface area contributed by atoms with Crippen LogP contribution >= 0.6 is 15.9 Å². The number of nitrogens with zero attached hydrogens (tertiary/aromatic N) is 2. The number of benzene rings is 1. The highest BCUT2D eigenvalue weighted by atomic mass is 79.9. The molecule has 4 heteroatoms. The predicted octanol–water partition coefficient (Wildman–Crippen LogP) is 2.80. The van der Waals surface area contributed by atoms with Crippen molar-refractivity contribution in [3.05, 3.63) is 52.3 Å². The molecule has 1 atom stereocenters. The highest BCUT2D eigenvalue weighted by Gasteiger charge is 2.13. The standard InChI is InChI=1S/C15H20BrN3/c1-17-11-12(10-14-7-8-19(2)18-14)9-13-5-3-4-6-15(13)16/h3-8,12,17H,9-11H2,1-2H3. The lowest BCUT2D eigenvalue weighted by Gasteiger charge is -2.16. The minimum absolute atomic E-state index is 0.554. The molecule has 1 aromatic heterocycles. The quantitative estimate of drug-likeness (QED) is 0.886. The van der Waals surface area contributed by atoms with Crippen LogP contribution in [0.25, 0.3) is 0 Å². The molecule has 0 bridgehead atoms. The lowest BCUT2D eigenvalue weighted by Crippen LogP contribution is -2.23. The van der Waals surface area contributed by atoms with Crippen molar-refractivity contribution in [2.75, 3.05) is 13.6 Å². The third-order valence-electron chi connectivity index (χ3n) is 3.23. The minimum Gasteiger partial charge on any atom is -0.319 e. The maximum atomic E-state index is 4.47. The summed E-state index contributed by atoms with van der Waals surface area (Å²) in [5, 5.41) is 7.76. The number of hydrogen-bond acceptors (Lipinski definition) is 2. The van der Waals surface area contributed by atoms with Crippen LogP contribution in [0, 0.1) is 5.92 Å².